The van der Waals surface area contributed by atoms with Crippen LogP contribution >= 0.6 is 0 Å². The van der Waals surface area contributed by atoms with Gasteiger partial charge in [0.05, 0.1) is 0 Å². The van der Waals surface area contributed by atoms with Crippen molar-refractivity contribution >= 4 is 5.91 Å². The summed E-state index contributed by atoms with van der Waals surface area (Å²) in [6.45, 7) is 8.10. The van der Waals surface area contributed by atoms with E-state index in [1.807, 2.05) is 13.8 Å². The molecular formula is C11H20NO2. The standard InChI is InChI=1S/C11H20NO2/c1-5-8-10(13)12(4)11(7-3)14-9-6-2/h5,8,11H,2,6-7,9H2,1,3-4H3. The second-order valence-corrected chi connectivity index (χ2v) is 3.04. The number of carbonyl (C=O) groups excluding carboxylic acids is 1. The summed E-state index contributed by atoms with van der Waals surface area (Å²) < 4.78 is 5.48. The maximum Gasteiger partial charge on any atom is 0.247 e. The van der Waals surface area contributed by atoms with E-state index in [2.05, 4.69) is 6.92 Å². The van der Waals surface area contributed by atoms with Crippen molar-refractivity contribution in [3.05, 3.63) is 19.1 Å². The van der Waals surface area contributed by atoms with Crippen LogP contribution in [0.4, 0.5) is 0 Å². The van der Waals surface area contributed by atoms with Gasteiger partial charge >= 0.3 is 0 Å². The predicted octanol–water partition coefficient (Wildman–Crippen LogP) is 2.00. The van der Waals surface area contributed by atoms with Crippen molar-refractivity contribution in [1.29, 1.82) is 0 Å². The molecule has 0 aromatic heterocycles. The van der Waals surface area contributed by atoms with Crippen LogP contribution in [0.2, 0.25) is 0 Å². The van der Waals surface area contributed by atoms with Crippen LogP contribution in [-0.2, 0) is 9.53 Å². The van der Waals surface area contributed by atoms with Crippen molar-refractivity contribution in [3.63, 3.8) is 0 Å². The summed E-state index contributed by atoms with van der Waals surface area (Å²) in [4.78, 5) is 13.1. The second kappa shape index (κ2) is 7.56. The SMILES string of the molecule is [CH2]CCOC(CC)N(C)C(=O)C=CC. The molecule has 1 radical (unpaired) electrons. The summed E-state index contributed by atoms with van der Waals surface area (Å²) in [5, 5.41) is 0. The van der Waals surface area contributed by atoms with Crippen molar-refractivity contribution in [2.24, 2.45) is 0 Å². The first kappa shape index (κ1) is 13.2. The topological polar surface area (TPSA) is 29.5 Å². The molecule has 81 valence electrons. The van der Waals surface area contributed by atoms with Gasteiger partial charge in [0, 0.05) is 13.7 Å². The van der Waals surface area contributed by atoms with Crippen molar-refractivity contribution in [2.75, 3.05) is 13.7 Å². The van der Waals surface area contributed by atoms with Crippen LogP contribution in [0.15, 0.2) is 12.2 Å². The molecule has 0 saturated carbocycles. The highest BCUT2D eigenvalue weighted by molar-refractivity contribution is 5.87. The molecule has 0 aliphatic heterocycles. The molecule has 1 atom stereocenters. The molecule has 0 aliphatic rings. The Labute approximate surface area is 86.7 Å². The molecule has 0 aromatic carbocycles. The number of hydrogen-bond acceptors (Lipinski definition) is 2. The van der Waals surface area contributed by atoms with Crippen LogP contribution in [-0.4, -0.2) is 30.7 Å². The van der Waals surface area contributed by atoms with Crippen LogP contribution in [0, 0.1) is 6.92 Å². The fourth-order valence-electron chi connectivity index (χ4n) is 1.12. The molecule has 0 rings (SSSR count). The summed E-state index contributed by atoms with van der Waals surface area (Å²) in [5.74, 6) is -0.0246. The summed E-state index contributed by atoms with van der Waals surface area (Å²) in [6.07, 6.45) is 4.64. The summed E-state index contributed by atoms with van der Waals surface area (Å²) >= 11 is 0. The van der Waals surface area contributed by atoms with Crippen molar-refractivity contribution in [3.8, 4) is 0 Å². The minimum atomic E-state index is -0.138. The predicted molar refractivity (Wildman–Crippen MR) is 57.6 cm³/mol. The largest absolute Gasteiger partial charge is 0.358 e. The third-order valence-electron chi connectivity index (χ3n) is 1.89. The van der Waals surface area contributed by atoms with Gasteiger partial charge in [-0.25, -0.2) is 0 Å². The van der Waals surface area contributed by atoms with Crippen LogP contribution in [0.5, 0.6) is 0 Å². The van der Waals surface area contributed by atoms with E-state index in [4.69, 9.17) is 4.74 Å². The molecule has 0 heterocycles. The van der Waals surface area contributed by atoms with Gasteiger partial charge in [0.1, 0.15) is 6.23 Å². The Morgan fingerprint density at radius 2 is 2.29 bits per heavy atom. The normalized spacial score (nSPS) is 13.1. The minimum Gasteiger partial charge on any atom is -0.358 e. The Bertz CT molecular complexity index is 190. The number of likely N-dealkylation sites (N-methyl/N-ethyl adjacent to an activating group) is 1. The lowest BCUT2D eigenvalue weighted by atomic mass is 10.3. The molecule has 0 aromatic rings. The molecule has 3 heteroatoms. The van der Waals surface area contributed by atoms with E-state index in [1.165, 1.54) is 6.08 Å². The lowest BCUT2D eigenvalue weighted by molar-refractivity contribution is -0.138. The van der Waals surface area contributed by atoms with Crippen LogP contribution in [0.25, 0.3) is 0 Å². The first-order chi connectivity index (χ1) is 6.67. The molecular weight excluding hydrogens is 178 g/mol. The zero-order valence-corrected chi connectivity index (χ0v) is 9.32. The maximum atomic E-state index is 11.5. The lowest BCUT2D eigenvalue weighted by Crippen LogP contribution is -2.37. The zero-order chi connectivity index (χ0) is 11.0. The van der Waals surface area contributed by atoms with Crippen molar-refractivity contribution in [1.82, 2.24) is 4.90 Å². The highest BCUT2D eigenvalue weighted by Gasteiger charge is 2.15. The van der Waals surface area contributed by atoms with Crippen molar-refractivity contribution < 1.29 is 9.53 Å². The highest BCUT2D eigenvalue weighted by Crippen LogP contribution is 2.05. The molecule has 0 N–H and O–H groups in total. The molecule has 0 bridgehead atoms. The third-order valence-corrected chi connectivity index (χ3v) is 1.89. The molecule has 0 aliphatic carbocycles. The number of amides is 1. The lowest BCUT2D eigenvalue weighted by Gasteiger charge is -2.26. The van der Waals surface area contributed by atoms with E-state index in [0.717, 1.165) is 12.8 Å². The number of allylic oxidation sites excluding steroid dienone is 1. The molecule has 0 fully saturated rings. The minimum absolute atomic E-state index is 0.0246. The molecule has 14 heavy (non-hydrogen) atoms. The monoisotopic (exact) mass is 198 g/mol. The number of carbonyl (C=O) groups is 1. The fourth-order valence-corrected chi connectivity index (χ4v) is 1.12. The Hall–Kier alpha value is -0.830. The number of hydrogen-bond donors (Lipinski definition) is 0. The van der Waals surface area contributed by atoms with Gasteiger partial charge in [-0.1, -0.05) is 19.9 Å². The molecule has 1 unspecified atom stereocenters. The highest BCUT2D eigenvalue weighted by atomic mass is 16.5. The fraction of sp³-hybridized carbons (Fsp3) is 0.636. The molecule has 3 nitrogen and oxygen atoms in total. The smallest absolute Gasteiger partial charge is 0.247 e. The van der Waals surface area contributed by atoms with Crippen molar-refractivity contribution in [2.45, 2.75) is 32.9 Å². The second-order valence-electron chi connectivity index (χ2n) is 3.04. The quantitative estimate of drug-likeness (QED) is 0.482. The molecule has 1 amide bonds. The van der Waals surface area contributed by atoms with E-state index in [-0.39, 0.29) is 12.1 Å². The maximum absolute atomic E-state index is 11.5. The Morgan fingerprint density at radius 3 is 2.71 bits per heavy atom. The van der Waals surface area contributed by atoms with E-state index in [9.17, 15) is 4.79 Å². The number of nitrogens with zero attached hydrogens (tertiary/aromatic N) is 1. The zero-order valence-electron chi connectivity index (χ0n) is 9.32. The van der Waals surface area contributed by atoms with E-state index in [1.54, 1.807) is 18.0 Å². The molecule has 0 saturated heterocycles. The summed E-state index contributed by atoms with van der Waals surface area (Å²) in [7, 11) is 1.75. The van der Waals surface area contributed by atoms with Gasteiger partial charge in [-0.15, -0.1) is 0 Å². The Balaban J connectivity index is 4.14. The summed E-state index contributed by atoms with van der Waals surface area (Å²) in [5.41, 5.74) is 0. The van der Waals surface area contributed by atoms with Gasteiger partial charge in [-0.2, -0.15) is 0 Å². The average molecular weight is 198 g/mol. The van der Waals surface area contributed by atoms with E-state index < -0.39 is 0 Å². The van der Waals surface area contributed by atoms with Crippen LogP contribution < -0.4 is 0 Å². The van der Waals surface area contributed by atoms with Gasteiger partial charge in [-0.05, 0) is 25.8 Å². The van der Waals surface area contributed by atoms with Crippen LogP contribution in [0.3, 0.4) is 0 Å². The van der Waals surface area contributed by atoms with Gasteiger partial charge in [-0.3, -0.25) is 4.79 Å². The van der Waals surface area contributed by atoms with E-state index >= 15 is 0 Å². The van der Waals surface area contributed by atoms with Crippen LogP contribution in [0.1, 0.15) is 26.7 Å². The number of ether oxygens (including phenoxy) is 1. The number of rotatable bonds is 6. The first-order valence-corrected chi connectivity index (χ1v) is 4.97. The van der Waals surface area contributed by atoms with E-state index in [0.29, 0.717) is 6.61 Å². The van der Waals surface area contributed by atoms with Gasteiger partial charge < -0.3 is 9.64 Å². The van der Waals surface area contributed by atoms with Gasteiger partial charge in [0.15, 0.2) is 0 Å². The molecule has 0 spiro atoms. The Morgan fingerprint density at radius 1 is 1.64 bits per heavy atom. The van der Waals surface area contributed by atoms with Gasteiger partial charge in [0.25, 0.3) is 0 Å². The van der Waals surface area contributed by atoms with Gasteiger partial charge in [0.2, 0.25) is 5.91 Å². The Kier molecular flexibility index (Phi) is 7.11. The third kappa shape index (κ3) is 4.42. The summed E-state index contributed by atoms with van der Waals surface area (Å²) in [6, 6.07) is 0. The first-order valence-electron chi connectivity index (χ1n) is 4.97. The average Bonchev–Trinajstić information content (AvgIpc) is 2.19.